The molecule has 0 fully saturated rings. The molecular formula is C24H20N2O3S. The summed E-state index contributed by atoms with van der Waals surface area (Å²) in [6.07, 6.45) is 0.484. The number of hydrogen-bond donors (Lipinski definition) is 3. The summed E-state index contributed by atoms with van der Waals surface area (Å²) >= 11 is 1.01. The molecule has 1 heterocycles. The summed E-state index contributed by atoms with van der Waals surface area (Å²) in [5.74, 6) is -0.182. The molecule has 0 aliphatic carbocycles. The lowest BCUT2D eigenvalue weighted by molar-refractivity contribution is 0.0951. The number of aromatic nitrogens is 1. The van der Waals surface area contributed by atoms with Gasteiger partial charge in [-0.2, -0.15) is 0 Å². The Morgan fingerprint density at radius 2 is 1.67 bits per heavy atom. The SMILES string of the molecule is O=C(NCc1ccccc1)c1cccc(-c2ccc(Cc3sc(=O)[nH]c3O)cc2)c1. The van der Waals surface area contributed by atoms with Gasteiger partial charge in [0, 0.05) is 18.5 Å². The molecule has 4 aromatic rings. The van der Waals surface area contributed by atoms with Crippen LogP contribution in [0.3, 0.4) is 0 Å². The maximum atomic E-state index is 12.5. The minimum atomic E-state index is -0.263. The van der Waals surface area contributed by atoms with E-state index in [0.717, 1.165) is 33.6 Å². The molecule has 0 spiro atoms. The van der Waals surface area contributed by atoms with E-state index in [0.29, 0.717) is 23.4 Å². The van der Waals surface area contributed by atoms with Crippen LogP contribution in [0.1, 0.15) is 26.4 Å². The number of amides is 1. The molecule has 0 unspecified atom stereocenters. The van der Waals surface area contributed by atoms with Crippen molar-refractivity contribution >= 4 is 17.2 Å². The van der Waals surface area contributed by atoms with Gasteiger partial charge in [-0.1, -0.05) is 78.1 Å². The normalized spacial score (nSPS) is 10.7. The van der Waals surface area contributed by atoms with E-state index in [1.807, 2.05) is 72.8 Å². The number of carbonyl (C=O) groups excluding carboxylic acids is 1. The predicted octanol–water partition coefficient (Wildman–Crippen LogP) is 4.33. The van der Waals surface area contributed by atoms with Gasteiger partial charge in [-0.15, -0.1) is 0 Å². The van der Waals surface area contributed by atoms with Crippen LogP contribution in [0.25, 0.3) is 11.1 Å². The summed E-state index contributed by atoms with van der Waals surface area (Å²) in [5.41, 5.74) is 4.58. The van der Waals surface area contributed by atoms with Crippen LogP contribution in [0.2, 0.25) is 0 Å². The zero-order valence-corrected chi connectivity index (χ0v) is 16.9. The standard InChI is InChI=1S/C24H20N2O3S/c27-22(25-15-17-5-2-1-3-6-17)20-8-4-7-19(14-20)18-11-9-16(10-12-18)13-21-23(28)26-24(29)30-21/h1-12,14,28H,13,15H2,(H,25,27)(H,26,29). The second kappa shape index (κ2) is 8.80. The third-order valence-corrected chi connectivity index (χ3v) is 5.64. The molecule has 150 valence electrons. The topological polar surface area (TPSA) is 82.2 Å². The minimum Gasteiger partial charge on any atom is -0.494 e. The Balaban J connectivity index is 1.46. The van der Waals surface area contributed by atoms with Crippen molar-refractivity contribution in [3.8, 4) is 17.0 Å². The van der Waals surface area contributed by atoms with E-state index in [9.17, 15) is 14.7 Å². The largest absolute Gasteiger partial charge is 0.494 e. The summed E-state index contributed by atoms with van der Waals surface area (Å²) in [6, 6.07) is 25.2. The lowest BCUT2D eigenvalue weighted by Gasteiger charge is -2.08. The fourth-order valence-corrected chi connectivity index (χ4v) is 3.95. The Kier molecular flexibility index (Phi) is 5.77. The molecule has 5 nitrogen and oxygen atoms in total. The van der Waals surface area contributed by atoms with Gasteiger partial charge >= 0.3 is 4.87 Å². The Morgan fingerprint density at radius 1 is 0.900 bits per heavy atom. The van der Waals surface area contributed by atoms with Crippen molar-refractivity contribution in [2.24, 2.45) is 0 Å². The molecule has 0 aliphatic heterocycles. The monoisotopic (exact) mass is 416 g/mol. The fraction of sp³-hybridized carbons (Fsp3) is 0.0833. The molecule has 0 bridgehead atoms. The van der Waals surface area contributed by atoms with E-state index in [1.54, 1.807) is 6.07 Å². The lowest BCUT2D eigenvalue weighted by Crippen LogP contribution is -2.22. The quantitative estimate of drug-likeness (QED) is 0.438. The highest BCUT2D eigenvalue weighted by atomic mass is 32.1. The van der Waals surface area contributed by atoms with Crippen LogP contribution >= 0.6 is 11.3 Å². The van der Waals surface area contributed by atoms with Crippen LogP contribution < -0.4 is 10.2 Å². The Morgan fingerprint density at radius 3 is 2.37 bits per heavy atom. The van der Waals surface area contributed by atoms with Gasteiger partial charge in [0.25, 0.3) is 5.91 Å². The molecule has 0 aliphatic rings. The van der Waals surface area contributed by atoms with Gasteiger partial charge in [0.05, 0.1) is 4.88 Å². The molecule has 0 saturated carbocycles. The van der Waals surface area contributed by atoms with E-state index >= 15 is 0 Å². The number of nitrogens with one attached hydrogen (secondary N) is 2. The van der Waals surface area contributed by atoms with E-state index in [2.05, 4.69) is 10.3 Å². The van der Waals surface area contributed by atoms with Crippen molar-refractivity contribution in [3.05, 3.63) is 110 Å². The van der Waals surface area contributed by atoms with Crippen LogP contribution in [0, 0.1) is 0 Å². The number of aromatic amines is 1. The molecule has 0 saturated heterocycles. The van der Waals surface area contributed by atoms with Gasteiger partial charge < -0.3 is 10.4 Å². The lowest BCUT2D eigenvalue weighted by atomic mass is 10.0. The number of aromatic hydroxyl groups is 1. The highest BCUT2D eigenvalue weighted by Crippen LogP contribution is 2.24. The third kappa shape index (κ3) is 4.67. The molecule has 0 radical (unpaired) electrons. The Hall–Kier alpha value is -3.64. The first-order valence-electron chi connectivity index (χ1n) is 9.51. The first-order chi connectivity index (χ1) is 14.6. The molecule has 0 atom stereocenters. The van der Waals surface area contributed by atoms with Crippen LogP contribution in [0.4, 0.5) is 0 Å². The maximum Gasteiger partial charge on any atom is 0.307 e. The smallest absolute Gasteiger partial charge is 0.307 e. The summed E-state index contributed by atoms with van der Waals surface area (Å²) in [6.45, 7) is 0.483. The molecule has 1 amide bonds. The predicted molar refractivity (Wildman–Crippen MR) is 119 cm³/mol. The summed E-state index contributed by atoms with van der Waals surface area (Å²) in [5, 5.41) is 12.7. The van der Waals surface area contributed by atoms with Crippen molar-refractivity contribution < 1.29 is 9.90 Å². The number of rotatable bonds is 6. The Labute approximate surface area is 177 Å². The summed E-state index contributed by atoms with van der Waals surface area (Å²) < 4.78 is 0. The Bertz CT molecular complexity index is 1210. The second-order valence-electron chi connectivity index (χ2n) is 6.91. The number of hydrogen-bond acceptors (Lipinski definition) is 4. The van der Waals surface area contributed by atoms with Crippen LogP contribution in [0.15, 0.2) is 83.7 Å². The van der Waals surface area contributed by atoms with Gasteiger partial charge in [0.2, 0.25) is 5.88 Å². The van der Waals surface area contributed by atoms with Crippen molar-refractivity contribution in [2.45, 2.75) is 13.0 Å². The summed E-state index contributed by atoms with van der Waals surface area (Å²) in [4.78, 5) is 26.6. The van der Waals surface area contributed by atoms with E-state index in [-0.39, 0.29) is 16.7 Å². The molecule has 30 heavy (non-hydrogen) atoms. The second-order valence-corrected chi connectivity index (χ2v) is 7.98. The zero-order valence-electron chi connectivity index (χ0n) is 16.1. The average molecular weight is 417 g/mol. The number of thiazole rings is 1. The van der Waals surface area contributed by atoms with Gasteiger partial charge in [-0.3, -0.25) is 14.6 Å². The molecular weight excluding hydrogens is 396 g/mol. The van der Waals surface area contributed by atoms with Crippen LogP contribution in [-0.4, -0.2) is 16.0 Å². The molecule has 6 heteroatoms. The minimum absolute atomic E-state index is 0.0664. The van der Waals surface area contributed by atoms with Gasteiger partial charge in [-0.05, 0) is 34.4 Å². The highest BCUT2D eigenvalue weighted by molar-refractivity contribution is 7.09. The van der Waals surface area contributed by atoms with Crippen LogP contribution in [-0.2, 0) is 13.0 Å². The fourth-order valence-electron chi connectivity index (χ4n) is 3.19. The number of benzene rings is 3. The van der Waals surface area contributed by atoms with Crippen molar-refractivity contribution in [1.29, 1.82) is 0 Å². The van der Waals surface area contributed by atoms with Crippen LogP contribution in [0.5, 0.6) is 5.88 Å². The van der Waals surface area contributed by atoms with Gasteiger partial charge in [0.1, 0.15) is 0 Å². The third-order valence-electron chi connectivity index (χ3n) is 4.77. The van der Waals surface area contributed by atoms with Gasteiger partial charge in [0.15, 0.2) is 0 Å². The number of H-pyrrole nitrogens is 1. The molecule has 1 aromatic heterocycles. The zero-order chi connectivity index (χ0) is 20.9. The maximum absolute atomic E-state index is 12.5. The average Bonchev–Trinajstić information content (AvgIpc) is 3.10. The summed E-state index contributed by atoms with van der Waals surface area (Å²) in [7, 11) is 0. The molecule has 4 rings (SSSR count). The van der Waals surface area contributed by atoms with Crippen molar-refractivity contribution in [3.63, 3.8) is 0 Å². The van der Waals surface area contributed by atoms with E-state index in [4.69, 9.17) is 0 Å². The molecule has 3 N–H and O–H groups in total. The first kappa shape index (κ1) is 19.7. The van der Waals surface area contributed by atoms with Gasteiger partial charge in [-0.25, -0.2) is 0 Å². The number of carbonyl (C=O) groups is 1. The van der Waals surface area contributed by atoms with Crippen molar-refractivity contribution in [1.82, 2.24) is 10.3 Å². The molecule has 3 aromatic carbocycles. The highest BCUT2D eigenvalue weighted by Gasteiger charge is 2.09. The first-order valence-corrected chi connectivity index (χ1v) is 10.3. The van der Waals surface area contributed by atoms with Crippen molar-refractivity contribution in [2.75, 3.05) is 0 Å². The van der Waals surface area contributed by atoms with E-state index < -0.39 is 0 Å². The van der Waals surface area contributed by atoms with E-state index in [1.165, 1.54) is 0 Å².